The highest BCUT2D eigenvalue weighted by Crippen LogP contribution is 2.69. The van der Waals surface area contributed by atoms with Gasteiger partial charge < -0.3 is 0 Å². The summed E-state index contributed by atoms with van der Waals surface area (Å²) in [6.07, 6.45) is 18.4. The molecule has 5 saturated carbocycles. The van der Waals surface area contributed by atoms with Crippen molar-refractivity contribution >= 4 is 8.07 Å². The molecular weight excluding hydrogens is 557 g/mol. The predicted octanol–water partition coefficient (Wildman–Crippen LogP) is 13.7. The molecule has 5 aliphatic rings. The van der Waals surface area contributed by atoms with Gasteiger partial charge in [0.05, 0.1) is 8.07 Å². The normalized spacial score (nSPS) is 41.1. The van der Waals surface area contributed by atoms with E-state index in [1.807, 2.05) is 0 Å². The van der Waals surface area contributed by atoms with Crippen LogP contribution in [0, 0.1) is 58.7 Å². The molecule has 10 atom stereocenters. The molecule has 5 fully saturated rings. The van der Waals surface area contributed by atoms with Gasteiger partial charge in [0.1, 0.15) is 0 Å². The van der Waals surface area contributed by atoms with Gasteiger partial charge in [-0.1, -0.05) is 131 Å². The van der Waals surface area contributed by atoms with E-state index in [1.54, 1.807) is 62.6 Å². The highest BCUT2D eigenvalue weighted by atomic mass is 28.3. The maximum atomic E-state index is 2.78. The van der Waals surface area contributed by atoms with Crippen molar-refractivity contribution < 1.29 is 0 Å². The molecule has 0 nitrogen and oxygen atoms in total. The quantitative estimate of drug-likeness (QED) is 0.274. The first-order valence-electron chi connectivity index (χ1n) is 20.4. The van der Waals surface area contributed by atoms with Gasteiger partial charge in [-0.05, 0) is 144 Å². The minimum atomic E-state index is -1.50. The van der Waals surface area contributed by atoms with Crippen LogP contribution in [-0.2, 0) is 5.41 Å². The first-order chi connectivity index (χ1) is 21.3. The molecule has 0 amide bonds. The van der Waals surface area contributed by atoms with E-state index in [1.165, 1.54) is 37.7 Å². The van der Waals surface area contributed by atoms with Crippen molar-refractivity contribution in [2.75, 3.05) is 0 Å². The van der Waals surface area contributed by atoms with Gasteiger partial charge in [0.15, 0.2) is 0 Å². The molecule has 1 heteroatoms. The molecule has 0 N–H and O–H groups in total. The Kier molecular flexibility index (Phi) is 9.94. The lowest BCUT2D eigenvalue weighted by Crippen LogP contribution is -2.51. The van der Waals surface area contributed by atoms with Gasteiger partial charge in [-0.2, -0.15) is 0 Å². The van der Waals surface area contributed by atoms with E-state index in [2.05, 4.69) is 93.5 Å². The van der Waals surface area contributed by atoms with Gasteiger partial charge in [-0.25, -0.2) is 0 Å². The Hall–Kier alpha value is -0.563. The molecule has 0 aliphatic heterocycles. The Bertz CT molecular complexity index is 1110. The van der Waals surface area contributed by atoms with Crippen LogP contribution in [0.5, 0.6) is 0 Å². The number of benzene rings is 1. The molecule has 0 bridgehead atoms. The first-order valence-corrected chi connectivity index (χ1v) is 23.0. The van der Waals surface area contributed by atoms with Crippen LogP contribution >= 0.6 is 0 Å². The lowest BCUT2D eigenvalue weighted by atomic mass is 9.61. The monoisotopic (exact) mass is 631 g/mol. The zero-order valence-electron chi connectivity index (χ0n) is 31.6. The molecule has 0 aromatic heterocycles. The summed E-state index contributed by atoms with van der Waals surface area (Å²) < 4.78 is 0. The van der Waals surface area contributed by atoms with Crippen molar-refractivity contribution in [3.8, 4) is 0 Å². The van der Waals surface area contributed by atoms with E-state index in [0.717, 1.165) is 70.3 Å². The molecule has 0 spiro atoms. The van der Waals surface area contributed by atoms with Gasteiger partial charge in [0.2, 0.25) is 0 Å². The second-order valence-electron chi connectivity index (χ2n) is 20.1. The van der Waals surface area contributed by atoms with Crippen molar-refractivity contribution in [1.29, 1.82) is 0 Å². The van der Waals surface area contributed by atoms with Crippen LogP contribution in [0.1, 0.15) is 163 Å². The average molecular weight is 631 g/mol. The third-order valence-electron chi connectivity index (χ3n) is 16.2. The molecule has 10 unspecified atom stereocenters. The fourth-order valence-corrected chi connectivity index (χ4v) is 22.2. The summed E-state index contributed by atoms with van der Waals surface area (Å²) in [4.78, 5) is 0. The molecule has 0 radical (unpaired) electrons. The number of hydrogen-bond donors (Lipinski definition) is 0. The van der Waals surface area contributed by atoms with Gasteiger partial charge in [-0.3, -0.25) is 0 Å². The molecule has 1 aromatic carbocycles. The standard InChI is InChI=1S/C44H74Si/c1-11-45(12-2,41-29(3)27-39-35(15-13-17-37(39)41)31-19-23-33(24-20-31)43(5,6)7)42-30(4)28-40-36(16-14-18-38(40)42)32-21-25-34(26-22-32)44(8,9)10/h19-20,23-24,29-30,32,34-42H,11-18,21-22,25-28H2,1-10H3. The van der Waals surface area contributed by atoms with Crippen LogP contribution in [-0.4, -0.2) is 8.07 Å². The van der Waals surface area contributed by atoms with Gasteiger partial charge in [0, 0.05) is 0 Å². The van der Waals surface area contributed by atoms with E-state index in [-0.39, 0.29) is 5.41 Å². The maximum absolute atomic E-state index is 2.78. The Morgan fingerprint density at radius 3 is 1.64 bits per heavy atom. The Labute approximate surface area is 282 Å². The lowest BCUT2D eigenvalue weighted by molar-refractivity contribution is 0.0636. The first kappa shape index (κ1) is 34.3. The number of hydrogen-bond acceptors (Lipinski definition) is 0. The van der Waals surface area contributed by atoms with Crippen molar-refractivity contribution in [3.63, 3.8) is 0 Å². The molecule has 5 aliphatic carbocycles. The maximum Gasteiger partial charge on any atom is 0.0603 e. The van der Waals surface area contributed by atoms with Crippen molar-refractivity contribution in [2.24, 2.45) is 58.7 Å². The number of fused-ring (bicyclic) bond motifs is 2. The van der Waals surface area contributed by atoms with Crippen LogP contribution in [0.25, 0.3) is 0 Å². The molecule has 45 heavy (non-hydrogen) atoms. The van der Waals surface area contributed by atoms with Gasteiger partial charge in [-0.15, -0.1) is 0 Å². The minimum Gasteiger partial charge on any atom is -0.0678 e. The third kappa shape index (κ3) is 6.23. The molecule has 0 heterocycles. The largest absolute Gasteiger partial charge is 0.0678 e. The van der Waals surface area contributed by atoms with Gasteiger partial charge in [0.25, 0.3) is 0 Å². The predicted molar refractivity (Wildman–Crippen MR) is 200 cm³/mol. The second kappa shape index (κ2) is 13.0. The van der Waals surface area contributed by atoms with E-state index < -0.39 is 8.07 Å². The summed E-state index contributed by atoms with van der Waals surface area (Å²) in [6.45, 7) is 25.5. The highest BCUT2D eigenvalue weighted by molar-refractivity contribution is 6.82. The lowest BCUT2D eigenvalue weighted by Gasteiger charge is -2.52. The fourth-order valence-electron chi connectivity index (χ4n) is 14.3. The summed E-state index contributed by atoms with van der Waals surface area (Å²) in [7, 11) is -1.50. The third-order valence-corrected chi connectivity index (χ3v) is 23.5. The summed E-state index contributed by atoms with van der Waals surface area (Å²) in [5.74, 6) is 9.86. The minimum absolute atomic E-state index is 0.244. The van der Waals surface area contributed by atoms with E-state index in [4.69, 9.17) is 0 Å². The summed E-state index contributed by atoms with van der Waals surface area (Å²) >= 11 is 0. The van der Waals surface area contributed by atoms with Crippen molar-refractivity contribution in [2.45, 2.75) is 181 Å². The SMILES string of the molecule is CC[Si](CC)(C1C(C)CC2C(c3ccc(C(C)(C)C)cc3)CCCC21)C1C(C)CC2C(C3CCC(C(C)(C)C)CC3)CCCC21. The Morgan fingerprint density at radius 1 is 0.600 bits per heavy atom. The smallest absolute Gasteiger partial charge is 0.0603 e. The molecule has 0 saturated heterocycles. The molecule has 6 rings (SSSR count). The van der Waals surface area contributed by atoms with E-state index in [9.17, 15) is 0 Å². The van der Waals surface area contributed by atoms with E-state index >= 15 is 0 Å². The van der Waals surface area contributed by atoms with Crippen molar-refractivity contribution in [3.05, 3.63) is 35.4 Å². The fraction of sp³-hybridized carbons (Fsp3) is 0.864. The molecule has 1 aromatic rings. The Morgan fingerprint density at radius 2 is 1.11 bits per heavy atom. The summed E-state index contributed by atoms with van der Waals surface area (Å²) in [5.41, 5.74) is 6.10. The molecular formula is C44H74Si. The van der Waals surface area contributed by atoms with Crippen LogP contribution in [0.15, 0.2) is 24.3 Å². The second-order valence-corrected chi connectivity index (χ2v) is 25.3. The van der Waals surface area contributed by atoms with E-state index in [0.29, 0.717) is 5.41 Å². The molecule has 254 valence electrons. The van der Waals surface area contributed by atoms with Crippen LogP contribution < -0.4 is 0 Å². The summed E-state index contributed by atoms with van der Waals surface area (Å²) in [5, 5.41) is 0. The topological polar surface area (TPSA) is 0 Å². The van der Waals surface area contributed by atoms with Crippen LogP contribution in [0.3, 0.4) is 0 Å². The van der Waals surface area contributed by atoms with Crippen LogP contribution in [0.2, 0.25) is 23.2 Å². The van der Waals surface area contributed by atoms with Crippen LogP contribution in [0.4, 0.5) is 0 Å². The zero-order chi connectivity index (χ0) is 32.3. The Balaban J connectivity index is 1.24. The highest BCUT2D eigenvalue weighted by Gasteiger charge is 2.62. The zero-order valence-corrected chi connectivity index (χ0v) is 32.6. The summed E-state index contributed by atoms with van der Waals surface area (Å²) in [6, 6.07) is 13.2. The number of rotatable bonds is 6. The van der Waals surface area contributed by atoms with Gasteiger partial charge >= 0.3 is 0 Å². The average Bonchev–Trinajstić information content (AvgIpc) is 3.54. The van der Waals surface area contributed by atoms with Crippen molar-refractivity contribution in [1.82, 2.24) is 0 Å².